The molecule has 12 nitrogen and oxygen atoms in total. The van der Waals surface area contributed by atoms with Gasteiger partial charge in [0.15, 0.2) is 34.5 Å². The number of phenols is 5. The van der Waals surface area contributed by atoms with Crippen LogP contribution in [0.3, 0.4) is 0 Å². The minimum atomic E-state index is -1.68. The number of ether oxygens (including phenoxy) is 1. The van der Waals surface area contributed by atoms with Crippen LogP contribution in [0.15, 0.2) is 59.9 Å². The predicted molar refractivity (Wildman–Crippen MR) is 132 cm³/mol. The molecule has 2 atom stereocenters. The van der Waals surface area contributed by atoms with E-state index >= 15 is 0 Å². The molecule has 200 valence electrons. The molecular weight excluding hydrogens is 516 g/mol. The molecule has 3 aromatic carbocycles. The second kappa shape index (κ2) is 10.0. The van der Waals surface area contributed by atoms with Gasteiger partial charge in [-0.1, -0.05) is 12.1 Å². The third kappa shape index (κ3) is 5.11. The van der Waals surface area contributed by atoms with Crippen LogP contribution in [-0.2, 0) is 14.4 Å². The summed E-state index contributed by atoms with van der Waals surface area (Å²) in [4.78, 5) is 36.1. The van der Waals surface area contributed by atoms with Crippen molar-refractivity contribution in [2.24, 2.45) is 5.92 Å². The Bertz CT molecular complexity index is 1580. The summed E-state index contributed by atoms with van der Waals surface area (Å²) in [5.41, 5.74) is -0.0387. The van der Waals surface area contributed by atoms with E-state index in [9.17, 15) is 55.2 Å². The van der Waals surface area contributed by atoms with Crippen LogP contribution in [0.4, 0.5) is 0 Å². The molecule has 0 bridgehead atoms. The highest BCUT2D eigenvalue weighted by molar-refractivity contribution is 6.01. The standard InChI is InChI=1S/C27H20O12/c28-16-3-1-11(5-18(16)30)6-22(26(35)36)39-21-9-12(2-4-17(21)29)23-14-10-20(32)19(31)8-13(14)7-15(25(33)34)24(23)27(37)38/h1-10,23-24,28-32H,(H,33,34)(H,35,36)(H,37,38)/t23-,24-/m1/s1. The van der Waals surface area contributed by atoms with Gasteiger partial charge in [0.2, 0.25) is 5.76 Å². The number of aliphatic carboxylic acids is 3. The van der Waals surface area contributed by atoms with Gasteiger partial charge in [-0.25, -0.2) is 9.59 Å². The normalized spacial score (nSPS) is 16.6. The smallest absolute Gasteiger partial charge is 0.371 e. The average Bonchev–Trinajstić information content (AvgIpc) is 2.86. The van der Waals surface area contributed by atoms with Gasteiger partial charge in [-0.3, -0.25) is 4.79 Å². The van der Waals surface area contributed by atoms with Gasteiger partial charge in [-0.15, -0.1) is 0 Å². The van der Waals surface area contributed by atoms with Gasteiger partial charge in [0.25, 0.3) is 0 Å². The lowest BCUT2D eigenvalue weighted by Crippen LogP contribution is -2.31. The van der Waals surface area contributed by atoms with E-state index in [0.29, 0.717) is 0 Å². The fourth-order valence-electron chi connectivity index (χ4n) is 4.30. The minimum absolute atomic E-state index is 0.0837. The van der Waals surface area contributed by atoms with Gasteiger partial charge in [0, 0.05) is 5.92 Å². The third-order valence-corrected chi connectivity index (χ3v) is 6.08. The van der Waals surface area contributed by atoms with Crippen LogP contribution in [0, 0.1) is 5.92 Å². The first-order valence-electron chi connectivity index (χ1n) is 11.1. The quantitative estimate of drug-likeness (QED) is 0.124. The zero-order valence-electron chi connectivity index (χ0n) is 19.6. The summed E-state index contributed by atoms with van der Waals surface area (Å²) in [6, 6.07) is 9.14. The molecule has 0 amide bonds. The Morgan fingerprint density at radius 1 is 0.744 bits per heavy atom. The van der Waals surface area contributed by atoms with Crippen LogP contribution in [-0.4, -0.2) is 58.8 Å². The van der Waals surface area contributed by atoms with Crippen LogP contribution < -0.4 is 4.74 Å². The Morgan fingerprint density at radius 2 is 1.38 bits per heavy atom. The maximum absolute atomic E-state index is 12.3. The molecule has 0 heterocycles. The molecule has 0 saturated carbocycles. The van der Waals surface area contributed by atoms with Crippen molar-refractivity contribution in [3.8, 4) is 34.5 Å². The molecule has 12 heteroatoms. The molecule has 0 aliphatic heterocycles. The summed E-state index contributed by atoms with van der Waals surface area (Å²) in [5, 5.41) is 78.9. The van der Waals surface area contributed by atoms with E-state index in [2.05, 4.69) is 0 Å². The van der Waals surface area contributed by atoms with Crippen molar-refractivity contribution in [3.05, 3.63) is 82.1 Å². The lowest BCUT2D eigenvalue weighted by Gasteiger charge is -2.31. The molecule has 0 fully saturated rings. The highest BCUT2D eigenvalue weighted by Gasteiger charge is 2.41. The molecule has 3 aromatic rings. The number of carboxylic acids is 3. The predicted octanol–water partition coefficient (Wildman–Crippen LogP) is 3.03. The first-order chi connectivity index (χ1) is 18.4. The molecule has 8 N–H and O–H groups in total. The monoisotopic (exact) mass is 536 g/mol. The largest absolute Gasteiger partial charge is 0.504 e. The Balaban J connectivity index is 1.85. The summed E-state index contributed by atoms with van der Waals surface area (Å²) in [6.07, 6.45) is 2.07. The first-order valence-corrected chi connectivity index (χ1v) is 11.1. The number of phenolic OH excluding ortho intramolecular Hbond substituents is 5. The van der Waals surface area contributed by atoms with Gasteiger partial charge in [0.1, 0.15) is 0 Å². The number of hydrogen-bond acceptors (Lipinski definition) is 9. The van der Waals surface area contributed by atoms with E-state index in [1.807, 2.05) is 0 Å². The SMILES string of the molecule is O=C(O)C(=Cc1ccc(O)c(O)c1)Oc1cc([C@@H]2c3cc(O)c(O)cc3C=C(C(=O)O)[C@H]2C(=O)O)ccc1O. The minimum Gasteiger partial charge on any atom is -0.504 e. The third-order valence-electron chi connectivity index (χ3n) is 6.08. The van der Waals surface area contributed by atoms with Crippen molar-refractivity contribution in [3.63, 3.8) is 0 Å². The Hall–Kier alpha value is -5.65. The van der Waals surface area contributed by atoms with E-state index < -0.39 is 75.6 Å². The topological polar surface area (TPSA) is 222 Å². The maximum atomic E-state index is 12.3. The van der Waals surface area contributed by atoms with E-state index in [4.69, 9.17) is 4.74 Å². The molecular formula is C27H20O12. The van der Waals surface area contributed by atoms with Crippen molar-refractivity contribution < 1.29 is 60.0 Å². The van der Waals surface area contributed by atoms with Crippen molar-refractivity contribution in [2.75, 3.05) is 0 Å². The van der Waals surface area contributed by atoms with Gasteiger partial charge >= 0.3 is 17.9 Å². The average molecular weight is 536 g/mol. The molecule has 0 saturated heterocycles. The fourth-order valence-corrected chi connectivity index (χ4v) is 4.30. The van der Waals surface area contributed by atoms with Crippen molar-refractivity contribution in [1.29, 1.82) is 0 Å². The van der Waals surface area contributed by atoms with Gasteiger partial charge in [-0.05, 0) is 70.8 Å². The first kappa shape index (κ1) is 26.4. The number of hydrogen-bond donors (Lipinski definition) is 8. The van der Waals surface area contributed by atoms with E-state index in [1.54, 1.807) is 0 Å². The molecule has 1 aliphatic rings. The summed E-state index contributed by atoms with van der Waals surface area (Å²) in [5.74, 6) is -11.4. The molecule has 0 spiro atoms. The lowest BCUT2D eigenvalue weighted by atomic mass is 9.71. The van der Waals surface area contributed by atoms with E-state index in [-0.39, 0.29) is 22.3 Å². The molecule has 4 rings (SSSR count). The number of fused-ring (bicyclic) bond motifs is 1. The van der Waals surface area contributed by atoms with E-state index in [0.717, 1.165) is 48.6 Å². The number of carboxylic acid groups (broad SMARTS) is 3. The lowest BCUT2D eigenvalue weighted by molar-refractivity contribution is -0.144. The molecule has 0 aromatic heterocycles. The summed E-state index contributed by atoms with van der Waals surface area (Å²) >= 11 is 0. The van der Waals surface area contributed by atoms with E-state index in [1.165, 1.54) is 12.1 Å². The zero-order valence-corrected chi connectivity index (χ0v) is 19.6. The highest BCUT2D eigenvalue weighted by Crippen LogP contribution is 2.47. The number of aromatic hydroxyl groups is 5. The van der Waals surface area contributed by atoms with Crippen molar-refractivity contribution in [1.82, 2.24) is 0 Å². The molecule has 0 unspecified atom stereocenters. The van der Waals surface area contributed by atoms with Gasteiger partial charge in [-0.2, -0.15) is 0 Å². The summed E-state index contributed by atoms with van der Waals surface area (Å²) in [7, 11) is 0. The van der Waals surface area contributed by atoms with Gasteiger partial charge in [0.05, 0.1) is 11.5 Å². The number of benzene rings is 3. The number of rotatable bonds is 7. The Kier molecular flexibility index (Phi) is 6.78. The molecule has 1 aliphatic carbocycles. The summed E-state index contributed by atoms with van der Waals surface area (Å²) in [6.45, 7) is 0. The van der Waals surface area contributed by atoms with Crippen LogP contribution in [0.2, 0.25) is 0 Å². The Labute approximate surface area is 218 Å². The van der Waals surface area contributed by atoms with Gasteiger partial charge < -0.3 is 45.6 Å². The van der Waals surface area contributed by atoms with Crippen molar-refractivity contribution >= 4 is 30.1 Å². The van der Waals surface area contributed by atoms with Crippen LogP contribution in [0.5, 0.6) is 34.5 Å². The highest BCUT2D eigenvalue weighted by atomic mass is 16.5. The van der Waals surface area contributed by atoms with Crippen molar-refractivity contribution in [2.45, 2.75) is 5.92 Å². The molecule has 0 radical (unpaired) electrons. The van der Waals surface area contributed by atoms with Crippen LogP contribution >= 0.6 is 0 Å². The van der Waals surface area contributed by atoms with Crippen LogP contribution in [0.1, 0.15) is 28.2 Å². The Morgan fingerprint density at radius 3 is 2.00 bits per heavy atom. The fraction of sp³-hybridized carbons (Fsp3) is 0.0741. The number of carbonyl (C=O) groups is 3. The van der Waals surface area contributed by atoms with Crippen LogP contribution in [0.25, 0.3) is 12.2 Å². The zero-order chi connectivity index (χ0) is 28.6. The molecule has 39 heavy (non-hydrogen) atoms. The second-order valence-corrected chi connectivity index (χ2v) is 8.56. The summed E-state index contributed by atoms with van der Waals surface area (Å²) < 4.78 is 5.41. The maximum Gasteiger partial charge on any atom is 0.371 e. The second-order valence-electron chi connectivity index (χ2n) is 8.56.